The van der Waals surface area contributed by atoms with Gasteiger partial charge in [0.15, 0.2) is 0 Å². The highest BCUT2D eigenvalue weighted by atomic mass is 16.1. The molecule has 4 rings (SSSR count). The van der Waals surface area contributed by atoms with Crippen molar-refractivity contribution in [2.45, 2.75) is 26.3 Å². The predicted octanol–water partition coefficient (Wildman–Crippen LogP) is 2.83. The Hall–Kier alpha value is -3.22. The Balaban J connectivity index is 1.36. The number of carbonyl (C=O) groups is 1. The molecule has 28 heavy (non-hydrogen) atoms. The topological polar surface area (TPSA) is 75.9 Å². The molecule has 0 radical (unpaired) electrons. The van der Waals surface area contributed by atoms with E-state index in [1.165, 1.54) is 18.5 Å². The van der Waals surface area contributed by atoms with Gasteiger partial charge in [0.1, 0.15) is 24.2 Å². The quantitative estimate of drug-likeness (QED) is 0.741. The van der Waals surface area contributed by atoms with Gasteiger partial charge in [-0.3, -0.25) is 9.36 Å². The van der Waals surface area contributed by atoms with E-state index in [-0.39, 0.29) is 5.91 Å². The summed E-state index contributed by atoms with van der Waals surface area (Å²) in [5.74, 6) is 1.15. The molecule has 0 spiro atoms. The first kappa shape index (κ1) is 18.2. The number of benzene rings is 1. The summed E-state index contributed by atoms with van der Waals surface area (Å²) in [6, 6.07) is 13.7. The van der Waals surface area contributed by atoms with Gasteiger partial charge in [0.2, 0.25) is 0 Å². The molecular formula is C21H24N6O. The van der Waals surface area contributed by atoms with Crippen molar-refractivity contribution < 1.29 is 4.79 Å². The Morgan fingerprint density at radius 3 is 2.68 bits per heavy atom. The number of rotatable bonds is 5. The van der Waals surface area contributed by atoms with E-state index in [0.717, 1.165) is 24.6 Å². The van der Waals surface area contributed by atoms with Gasteiger partial charge in [-0.05, 0) is 48.6 Å². The molecule has 1 aliphatic rings. The van der Waals surface area contributed by atoms with E-state index in [1.54, 1.807) is 35.4 Å². The number of nitrogens with zero attached hydrogens (tertiary/aromatic N) is 5. The van der Waals surface area contributed by atoms with Crippen LogP contribution in [0.25, 0.3) is 5.82 Å². The molecule has 1 saturated heterocycles. The molecule has 1 N–H and O–H groups in total. The molecule has 1 amide bonds. The van der Waals surface area contributed by atoms with Gasteiger partial charge in [-0.25, -0.2) is 4.98 Å². The van der Waals surface area contributed by atoms with E-state index in [9.17, 15) is 4.79 Å². The molecule has 1 aliphatic heterocycles. The van der Waals surface area contributed by atoms with E-state index in [1.807, 2.05) is 0 Å². The Labute approximate surface area is 164 Å². The lowest BCUT2D eigenvalue weighted by molar-refractivity contribution is 0.0946. The standard InChI is InChI=1S/C21H24N6O/c1-16-4-3-11-26(13-16)18-9-7-17(8-10-18)12-22-21(28)19-5-2-6-20(25-19)27-14-23-24-15-27/h2,5-10,14-16H,3-4,11-13H2,1H3,(H,22,28). The maximum absolute atomic E-state index is 12.5. The van der Waals surface area contributed by atoms with Crippen LogP contribution in [0.4, 0.5) is 5.69 Å². The van der Waals surface area contributed by atoms with Crippen LogP contribution in [0.2, 0.25) is 0 Å². The molecule has 1 aromatic carbocycles. The van der Waals surface area contributed by atoms with Crippen molar-refractivity contribution in [3.63, 3.8) is 0 Å². The van der Waals surface area contributed by atoms with Crippen LogP contribution in [0.1, 0.15) is 35.8 Å². The molecule has 3 heterocycles. The fraction of sp³-hybridized carbons (Fsp3) is 0.333. The number of anilines is 1. The van der Waals surface area contributed by atoms with Crippen LogP contribution in [0, 0.1) is 5.92 Å². The molecule has 7 nitrogen and oxygen atoms in total. The predicted molar refractivity (Wildman–Crippen MR) is 107 cm³/mol. The Kier molecular flexibility index (Phi) is 5.32. The van der Waals surface area contributed by atoms with E-state index in [2.05, 4.69) is 56.6 Å². The van der Waals surface area contributed by atoms with Gasteiger partial charge in [-0.2, -0.15) is 0 Å². The third-order valence-electron chi connectivity index (χ3n) is 5.06. The second-order valence-electron chi connectivity index (χ2n) is 7.29. The van der Waals surface area contributed by atoms with Crippen LogP contribution < -0.4 is 10.2 Å². The maximum Gasteiger partial charge on any atom is 0.270 e. The molecule has 1 unspecified atom stereocenters. The summed E-state index contributed by atoms with van der Waals surface area (Å²) < 4.78 is 1.66. The molecule has 0 saturated carbocycles. The van der Waals surface area contributed by atoms with Crippen LogP contribution in [0.3, 0.4) is 0 Å². The van der Waals surface area contributed by atoms with Gasteiger partial charge in [0.05, 0.1) is 0 Å². The van der Waals surface area contributed by atoms with Crippen molar-refractivity contribution in [2.75, 3.05) is 18.0 Å². The lowest BCUT2D eigenvalue weighted by atomic mass is 9.99. The highest BCUT2D eigenvalue weighted by molar-refractivity contribution is 5.92. The summed E-state index contributed by atoms with van der Waals surface area (Å²) in [5, 5.41) is 10.5. The normalized spacial score (nSPS) is 16.8. The van der Waals surface area contributed by atoms with Gasteiger partial charge < -0.3 is 10.2 Å². The summed E-state index contributed by atoms with van der Waals surface area (Å²) in [7, 11) is 0. The van der Waals surface area contributed by atoms with Gasteiger partial charge in [0, 0.05) is 25.3 Å². The minimum absolute atomic E-state index is 0.205. The second kappa shape index (κ2) is 8.21. The van der Waals surface area contributed by atoms with Crippen molar-refractivity contribution in [2.24, 2.45) is 5.92 Å². The molecule has 2 aromatic heterocycles. The zero-order chi connectivity index (χ0) is 19.3. The SMILES string of the molecule is CC1CCCN(c2ccc(CNC(=O)c3cccc(-n4cnnc4)n3)cc2)C1. The van der Waals surface area contributed by atoms with Crippen LogP contribution >= 0.6 is 0 Å². The lowest BCUT2D eigenvalue weighted by Crippen LogP contribution is -2.34. The lowest BCUT2D eigenvalue weighted by Gasteiger charge is -2.32. The molecule has 1 atom stereocenters. The molecule has 144 valence electrons. The summed E-state index contributed by atoms with van der Waals surface area (Å²) in [4.78, 5) is 19.3. The Morgan fingerprint density at radius 1 is 1.14 bits per heavy atom. The molecule has 1 fully saturated rings. The molecule has 0 aliphatic carbocycles. The summed E-state index contributed by atoms with van der Waals surface area (Å²) >= 11 is 0. The van der Waals surface area contributed by atoms with E-state index in [4.69, 9.17) is 0 Å². The number of piperidine rings is 1. The average molecular weight is 376 g/mol. The molecule has 3 aromatic rings. The number of nitrogens with one attached hydrogen (secondary N) is 1. The molecule has 7 heteroatoms. The number of pyridine rings is 1. The maximum atomic E-state index is 12.5. The number of hydrogen-bond acceptors (Lipinski definition) is 5. The van der Waals surface area contributed by atoms with Crippen molar-refractivity contribution >= 4 is 11.6 Å². The molecule has 0 bridgehead atoms. The van der Waals surface area contributed by atoms with Gasteiger partial charge >= 0.3 is 0 Å². The number of aromatic nitrogens is 4. The zero-order valence-electron chi connectivity index (χ0n) is 16.0. The number of hydrogen-bond donors (Lipinski definition) is 1. The summed E-state index contributed by atoms with van der Waals surface area (Å²) in [6.07, 6.45) is 5.66. The minimum Gasteiger partial charge on any atom is -0.371 e. The van der Waals surface area contributed by atoms with Gasteiger partial charge in [0.25, 0.3) is 5.91 Å². The average Bonchev–Trinajstić information content (AvgIpc) is 3.27. The third kappa shape index (κ3) is 4.19. The van der Waals surface area contributed by atoms with Gasteiger partial charge in [-0.1, -0.05) is 25.1 Å². The summed E-state index contributed by atoms with van der Waals surface area (Å²) in [5.41, 5.74) is 2.69. The van der Waals surface area contributed by atoms with Crippen molar-refractivity contribution in [1.82, 2.24) is 25.1 Å². The van der Waals surface area contributed by atoms with Gasteiger partial charge in [-0.15, -0.1) is 10.2 Å². The van der Waals surface area contributed by atoms with Crippen LogP contribution in [0.5, 0.6) is 0 Å². The van der Waals surface area contributed by atoms with Crippen LogP contribution in [-0.2, 0) is 6.54 Å². The highest BCUT2D eigenvalue weighted by Gasteiger charge is 2.16. The van der Waals surface area contributed by atoms with Crippen molar-refractivity contribution in [1.29, 1.82) is 0 Å². The Morgan fingerprint density at radius 2 is 1.93 bits per heavy atom. The number of carbonyl (C=O) groups excluding carboxylic acids is 1. The minimum atomic E-state index is -0.205. The third-order valence-corrected chi connectivity index (χ3v) is 5.06. The largest absolute Gasteiger partial charge is 0.371 e. The first-order chi connectivity index (χ1) is 13.7. The zero-order valence-corrected chi connectivity index (χ0v) is 16.0. The van der Waals surface area contributed by atoms with E-state index >= 15 is 0 Å². The van der Waals surface area contributed by atoms with Crippen LogP contribution in [0.15, 0.2) is 55.1 Å². The fourth-order valence-corrected chi connectivity index (χ4v) is 3.53. The summed E-state index contributed by atoms with van der Waals surface area (Å²) in [6.45, 7) is 5.01. The highest BCUT2D eigenvalue weighted by Crippen LogP contribution is 2.23. The van der Waals surface area contributed by atoms with E-state index in [0.29, 0.717) is 18.1 Å². The molecular weight excluding hydrogens is 352 g/mol. The second-order valence-corrected chi connectivity index (χ2v) is 7.29. The number of amides is 1. The first-order valence-electron chi connectivity index (χ1n) is 9.63. The smallest absolute Gasteiger partial charge is 0.270 e. The Bertz CT molecular complexity index is 922. The van der Waals surface area contributed by atoms with Crippen molar-refractivity contribution in [3.8, 4) is 5.82 Å². The van der Waals surface area contributed by atoms with Crippen LogP contribution in [-0.4, -0.2) is 38.7 Å². The monoisotopic (exact) mass is 376 g/mol. The van der Waals surface area contributed by atoms with Crippen molar-refractivity contribution in [3.05, 3.63) is 66.4 Å². The van der Waals surface area contributed by atoms with E-state index < -0.39 is 0 Å². The fourth-order valence-electron chi connectivity index (χ4n) is 3.53. The first-order valence-corrected chi connectivity index (χ1v) is 9.63.